The van der Waals surface area contributed by atoms with E-state index in [1.807, 2.05) is 11.9 Å². The van der Waals surface area contributed by atoms with E-state index in [1.54, 1.807) is 0 Å². The summed E-state index contributed by atoms with van der Waals surface area (Å²) in [5, 5.41) is 3.23. The molecule has 0 aliphatic carbocycles. The Balaban J connectivity index is 2.45. The number of likely N-dealkylation sites (N-methyl/N-ethyl adjacent to an activating group) is 1. The van der Waals surface area contributed by atoms with E-state index in [1.165, 1.54) is 0 Å². The van der Waals surface area contributed by atoms with Crippen LogP contribution in [0.2, 0.25) is 0 Å². The van der Waals surface area contributed by atoms with Crippen LogP contribution in [0.4, 0.5) is 0 Å². The maximum atomic E-state index is 11.8. The van der Waals surface area contributed by atoms with Crippen LogP contribution in [0.25, 0.3) is 0 Å². The van der Waals surface area contributed by atoms with E-state index in [4.69, 9.17) is 0 Å². The SMILES string of the molecule is CCC(C)N(C)C(=O)[C@@H]1CCCN1. The molecule has 1 saturated heterocycles. The third kappa shape index (κ3) is 2.44. The summed E-state index contributed by atoms with van der Waals surface area (Å²) in [6.07, 6.45) is 3.15. The Morgan fingerprint density at radius 3 is 2.85 bits per heavy atom. The zero-order valence-electron chi connectivity index (χ0n) is 8.84. The summed E-state index contributed by atoms with van der Waals surface area (Å²) in [4.78, 5) is 13.7. The van der Waals surface area contributed by atoms with Gasteiger partial charge in [0.1, 0.15) is 0 Å². The molecule has 3 heteroatoms. The number of hydrogen-bond acceptors (Lipinski definition) is 2. The van der Waals surface area contributed by atoms with Gasteiger partial charge in [-0.3, -0.25) is 4.79 Å². The molecule has 0 aromatic carbocycles. The van der Waals surface area contributed by atoms with Crippen molar-refractivity contribution in [1.29, 1.82) is 0 Å². The number of carbonyl (C=O) groups excluding carboxylic acids is 1. The first-order valence-electron chi connectivity index (χ1n) is 5.17. The van der Waals surface area contributed by atoms with Crippen LogP contribution in [0.5, 0.6) is 0 Å². The van der Waals surface area contributed by atoms with Crippen LogP contribution in [0.3, 0.4) is 0 Å². The van der Waals surface area contributed by atoms with Crippen molar-refractivity contribution in [3.05, 3.63) is 0 Å². The Morgan fingerprint density at radius 2 is 2.38 bits per heavy atom. The van der Waals surface area contributed by atoms with Gasteiger partial charge in [-0.1, -0.05) is 6.92 Å². The maximum Gasteiger partial charge on any atom is 0.239 e. The van der Waals surface area contributed by atoms with Crippen molar-refractivity contribution >= 4 is 5.91 Å². The summed E-state index contributed by atoms with van der Waals surface area (Å²) in [7, 11) is 1.90. The third-order valence-corrected chi connectivity index (χ3v) is 2.96. The highest BCUT2D eigenvalue weighted by molar-refractivity contribution is 5.82. The van der Waals surface area contributed by atoms with E-state index in [-0.39, 0.29) is 11.9 Å². The Labute approximate surface area is 80.5 Å². The van der Waals surface area contributed by atoms with Crippen LogP contribution in [0.1, 0.15) is 33.1 Å². The summed E-state index contributed by atoms with van der Waals surface area (Å²) < 4.78 is 0. The van der Waals surface area contributed by atoms with Gasteiger partial charge >= 0.3 is 0 Å². The van der Waals surface area contributed by atoms with Crippen LogP contribution < -0.4 is 5.32 Å². The third-order valence-electron chi connectivity index (χ3n) is 2.96. The predicted octanol–water partition coefficient (Wildman–Crippen LogP) is 0.995. The van der Waals surface area contributed by atoms with Gasteiger partial charge in [0.2, 0.25) is 5.91 Å². The van der Waals surface area contributed by atoms with Crippen LogP contribution in [-0.4, -0.2) is 36.5 Å². The first kappa shape index (κ1) is 10.5. The molecule has 1 aliphatic heterocycles. The van der Waals surface area contributed by atoms with Crippen LogP contribution in [-0.2, 0) is 4.79 Å². The first-order chi connectivity index (χ1) is 6.16. The molecule has 0 spiro atoms. The van der Waals surface area contributed by atoms with Gasteiger partial charge in [-0.2, -0.15) is 0 Å². The van der Waals surface area contributed by atoms with Gasteiger partial charge in [0.05, 0.1) is 6.04 Å². The monoisotopic (exact) mass is 184 g/mol. The van der Waals surface area contributed by atoms with Gasteiger partial charge in [-0.05, 0) is 32.7 Å². The molecule has 1 heterocycles. The smallest absolute Gasteiger partial charge is 0.239 e. The summed E-state index contributed by atoms with van der Waals surface area (Å²) in [5.74, 6) is 0.256. The van der Waals surface area contributed by atoms with Gasteiger partial charge in [-0.15, -0.1) is 0 Å². The minimum absolute atomic E-state index is 0.0824. The largest absolute Gasteiger partial charge is 0.342 e. The summed E-state index contributed by atoms with van der Waals surface area (Å²) in [6.45, 7) is 5.19. The fraction of sp³-hybridized carbons (Fsp3) is 0.900. The molecule has 0 radical (unpaired) electrons. The molecule has 1 amide bonds. The number of amides is 1. The molecule has 13 heavy (non-hydrogen) atoms. The fourth-order valence-corrected chi connectivity index (χ4v) is 1.63. The van der Waals surface area contributed by atoms with E-state index in [0.29, 0.717) is 6.04 Å². The topological polar surface area (TPSA) is 32.3 Å². The molecule has 1 rings (SSSR count). The second-order valence-corrected chi connectivity index (χ2v) is 3.86. The lowest BCUT2D eigenvalue weighted by molar-refractivity contribution is -0.133. The maximum absolute atomic E-state index is 11.8. The highest BCUT2D eigenvalue weighted by Gasteiger charge is 2.26. The molecule has 2 atom stereocenters. The van der Waals surface area contributed by atoms with Gasteiger partial charge in [0.15, 0.2) is 0 Å². The predicted molar refractivity (Wildman–Crippen MR) is 53.5 cm³/mol. The van der Waals surface area contributed by atoms with Gasteiger partial charge in [0, 0.05) is 13.1 Å². The Hall–Kier alpha value is -0.570. The molecule has 76 valence electrons. The van der Waals surface area contributed by atoms with Crippen molar-refractivity contribution in [1.82, 2.24) is 10.2 Å². The average Bonchev–Trinajstić information content (AvgIpc) is 2.67. The number of nitrogens with one attached hydrogen (secondary N) is 1. The van der Waals surface area contributed by atoms with Crippen LogP contribution in [0.15, 0.2) is 0 Å². The number of hydrogen-bond donors (Lipinski definition) is 1. The lowest BCUT2D eigenvalue weighted by atomic mass is 10.1. The average molecular weight is 184 g/mol. The molecule has 1 fully saturated rings. The second kappa shape index (κ2) is 4.61. The molecule has 1 N–H and O–H groups in total. The number of rotatable bonds is 3. The van der Waals surface area contributed by atoms with Crippen molar-refractivity contribution in [3.8, 4) is 0 Å². The van der Waals surface area contributed by atoms with E-state index in [0.717, 1.165) is 25.8 Å². The Bertz CT molecular complexity index is 176. The van der Waals surface area contributed by atoms with Crippen molar-refractivity contribution < 1.29 is 4.79 Å². The number of carbonyl (C=O) groups is 1. The molecule has 0 aromatic rings. The van der Waals surface area contributed by atoms with E-state index in [9.17, 15) is 4.79 Å². The van der Waals surface area contributed by atoms with Gasteiger partial charge in [0.25, 0.3) is 0 Å². The molecule has 0 aromatic heterocycles. The van der Waals surface area contributed by atoms with E-state index >= 15 is 0 Å². The van der Waals surface area contributed by atoms with Crippen molar-refractivity contribution in [2.45, 2.75) is 45.2 Å². The van der Waals surface area contributed by atoms with E-state index in [2.05, 4.69) is 19.2 Å². The minimum Gasteiger partial charge on any atom is -0.342 e. The first-order valence-corrected chi connectivity index (χ1v) is 5.17. The Kier molecular flexibility index (Phi) is 3.72. The standard InChI is InChI=1S/C10H20N2O/c1-4-8(2)12(3)10(13)9-6-5-7-11-9/h8-9,11H,4-7H2,1-3H3/t8?,9-/m0/s1. The lowest BCUT2D eigenvalue weighted by Gasteiger charge is -2.26. The molecule has 1 unspecified atom stereocenters. The minimum atomic E-state index is 0.0824. The van der Waals surface area contributed by atoms with Crippen molar-refractivity contribution in [2.75, 3.05) is 13.6 Å². The number of nitrogens with zero attached hydrogens (tertiary/aromatic N) is 1. The lowest BCUT2D eigenvalue weighted by Crippen LogP contribution is -2.45. The fourth-order valence-electron chi connectivity index (χ4n) is 1.63. The molecular formula is C10H20N2O. The van der Waals surface area contributed by atoms with Crippen molar-refractivity contribution in [2.24, 2.45) is 0 Å². The zero-order valence-corrected chi connectivity index (χ0v) is 8.84. The Morgan fingerprint density at radius 1 is 1.69 bits per heavy atom. The van der Waals surface area contributed by atoms with E-state index < -0.39 is 0 Å². The summed E-state index contributed by atoms with van der Waals surface area (Å²) in [5.41, 5.74) is 0. The quantitative estimate of drug-likeness (QED) is 0.709. The molecule has 0 saturated carbocycles. The molecule has 1 aliphatic rings. The summed E-state index contributed by atoms with van der Waals surface area (Å²) in [6, 6.07) is 0.439. The molecular weight excluding hydrogens is 164 g/mol. The summed E-state index contributed by atoms with van der Waals surface area (Å²) >= 11 is 0. The van der Waals surface area contributed by atoms with Gasteiger partial charge in [-0.25, -0.2) is 0 Å². The highest BCUT2D eigenvalue weighted by atomic mass is 16.2. The van der Waals surface area contributed by atoms with Crippen LogP contribution in [0, 0.1) is 0 Å². The second-order valence-electron chi connectivity index (χ2n) is 3.86. The van der Waals surface area contributed by atoms with Gasteiger partial charge < -0.3 is 10.2 Å². The highest BCUT2D eigenvalue weighted by Crippen LogP contribution is 2.10. The normalized spacial score (nSPS) is 24.4. The van der Waals surface area contributed by atoms with Crippen LogP contribution >= 0.6 is 0 Å². The molecule has 3 nitrogen and oxygen atoms in total. The van der Waals surface area contributed by atoms with Crippen molar-refractivity contribution in [3.63, 3.8) is 0 Å². The zero-order chi connectivity index (χ0) is 9.84. The molecule has 0 bridgehead atoms.